The number of morpholine rings is 1. The van der Waals surface area contributed by atoms with Gasteiger partial charge < -0.3 is 20.1 Å². The van der Waals surface area contributed by atoms with Crippen molar-refractivity contribution in [3.63, 3.8) is 0 Å². The van der Waals surface area contributed by atoms with Gasteiger partial charge in [-0.3, -0.25) is 9.89 Å². The second-order valence-electron chi connectivity index (χ2n) is 7.92. The molecule has 0 aromatic heterocycles. The highest BCUT2D eigenvalue weighted by Gasteiger charge is 2.38. The summed E-state index contributed by atoms with van der Waals surface area (Å²) in [6.07, 6.45) is 6.51. The fourth-order valence-corrected chi connectivity index (χ4v) is 4.50. The second-order valence-corrected chi connectivity index (χ2v) is 7.92. The molecule has 0 atom stereocenters. The lowest BCUT2D eigenvalue weighted by atomic mass is 9.80. The van der Waals surface area contributed by atoms with Crippen LogP contribution in [-0.2, 0) is 22.6 Å². The third-order valence-electron chi connectivity index (χ3n) is 6.04. The Kier molecular flexibility index (Phi) is 8.13. The molecular formula is C22H36N4O2. The van der Waals surface area contributed by atoms with Crippen molar-refractivity contribution in [1.82, 2.24) is 15.5 Å². The van der Waals surface area contributed by atoms with Crippen molar-refractivity contribution < 1.29 is 9.47 Å². The van der Waals surface area contributed by atoms with Crippen molar-refractivity contribution in [1.29, 1.82) is 0 Å². The SMILES string of the molecule is CN=C(NCc1cccc(COC)c1)NCC1(N2CCOCC2)CCCCC1. The highest BCUT2D eigenvalue weighted by molar-refractivity contribution is 5.79. The predicted octanol–water partition coefficient (Wildman–Crippen LogP) is 2.53. The van der Waals surface area contributed by atoms with E-state index in [1.54, 1.807) is 7.11 Å². The van der Waals surface area contributed by atoms with Crippen LogP contribution in [0.3, 0.4) is 0 Å². The molecule has 156 valence electrons. The summed E-state index contributed by atoms with van der Waals surface area (Å²) >= 11 is 0. The number of benzene rings is 1. The highest BCUT2D eigenvalue weighted by Crippen LogP contribution is 2.33. The molecule has 6 nitrogen and oxygen atoms in total. The maximum Gasteiger partial charge on any atom is 0.191 e. The van der Waals surface area contributed by atoms with Crippen molar-refractivity contribution in [2.45, 2.75) is 50.8 Å². The number of aliphatic imine (C=N–C) groups is 1. The van der Waals surface area contributed by atoms with Crippen LogP contribution in [0.15, 0.2) is 29.3 Å². The molecule has 2 aliphatic rings. The molecule has 2 fully saturated rings. The Labute approximate surface area is 169 Å². The van der Waals surface area contributed by atoms with E-state index in [4.69, 9.17) is 9.47 Å². The summed E-state index contributed by atoms with van der Waals surface area (Å²) in [6, 6.07) is 8.49. The third kappa shape index (κ3) is 5.69. The minimum atomic E-state index is 0.234. The largest absolute Gasteiger partial charge is 0.380 e. The van der Waals surface area contributed by atoms with E-state index < -0.39 is 0 Å². The van der Waals surface area contributed by atoms with Gasteiger partial charge in [0.25, 0.3) is 0 Å². The Balaban J connectivity index is 1.56. The monoisotopic (exact) mass is 388 g/mol. The zero-order valence-electron chi connectivity index (χ0n) is 17.5. The molecule has 1 saturated carbocycles. The van der Waals surface area contributed by atoms with Gasteiger partial charge in [0.15, 0.2) is 5.96 Å². The Morgan fingerprint density at radius 1 is 1.14 bits per heavy atom. The summed E-state index contributed by atoms with van der Waals surface area (Å²) in [5, 5.41) is 7.09. The van der Waals surface area contributed by atoms with Gasteiger partial charge in [-0.15, -0.1) is 0 Å². The van der Waals surface area contributed by atoms with Crippen molar-refractivity contribution in [3.05, 3.63) is 35.4 Å². The average Bonchev–Trinajstić information content (AvgIpc) is 2.76. The smallest absolute Gasteiger partial charge is 0.191 e. The molecule has 6 heteroatoms. The van der Waals surface area contributed by atoms with Gasteiger partial charge in [0, 0.05) is 45.9 Å². The molecule has 0 amide bonds. The molecule has 1 saturated heterocycles. The zero-order valence-corrected chi connectivity index (χ0v) is 17.5. The predicted molar refractivity (Wildman–Crippen MR) is 114 cm³/mol. The summed E-state index contributed by atoms with van der Waals surface area (Å²) < 4.78 is 10.8. The fraction of sp³-hybridized carbons (Fsp3) is 0.682. The van der Waals surface area contributed by atoms with Gasteiger partial charge >= 0.3 is 0 Å². The molecule has 0 unspecified atom stereocenters. The molecule has 0 bridgehead atoms. The van der Waals surface area contributed by atoms with Gasteiger partial charge in [-0.2, -0.15) is 0 Å². The van der Waals surface area contributed by atoms with Crippen LogP contribution in [-0.4, -0.2) is 63.4 Å². The number of nitrogens with zero attached hydrogens (tertiary/aromatic N) is 2. The van der Waals surface area contributed by atoms with Crippen molar-refractivity contribution >= 4 is 5.96 Å². The average molecular weight is 389 g/mol. The number of rotatable bonds is 7. The number of hydrogen-bond donors (Lipinski definition) is 2. The van der Waals surface area contributed by atoms with Crippen LogP contribution in [0.1, 0.15) is 43.2 Å². The standard InChI is InChI=1S/C22H36N4O2/c1-23-21(24-16-19-7-6-8-20(15-19)17-27-2)25-18-22(9-4-3-5-10-22)26-11-13-28-14-12-26/h6-8,15H,3-5,9-14,16-18H2,1-2H3,(H2,23,24,25). The quantitative estimate of drug-likeness (QED) is 0.555. The molecule has 28 heavy (non-hydrogen) atoms. The Hall–Kier alpha value is -1.63. The summed E-state index contributed by atoms with van der Waals surface area (Å²) in [5.41, 5.74) is 2.66. The molecule has 2 N–H and O–H groups in total. The Bertz CT molecular complexity index is 623. The van der Waals surface area contributed by atoms with E-state index >= 15 is 0 Å². The second kappa shape index (κ2) is 10.8. The van der Waals surface area contributed by atoms with E-state index in [0.717, 1.165) is 45.4 Å². The molecular weight excluding hydrogens is 352 g/mol. The molecule has 1 aromatic carbocycles. The summed E-state index contributed by atoms with van der Waals surface area (Å²) in [6.45, 7) is 6.13. The van der Waals surface area contributed by atoms with Gasteiger partial charge in [0.1, 0.15) is 0 Å². The van der Waals surface area contributed by atoms with E-state index in [2.05, 4.69) is 44.8 Å². The third-order valence-corrected chi connectivity index (χ3v) is 6.04. The van der Waals surface area contributed by atoms with Crippen LogP contribution in [0.5, 0.6) is 0 Å². The topological polar surface area (TPSA) is 58.1 Å². The first-order valence-electron chi connectivity index (χ1n) is 10.6. The lowest BCUT2D eigenvalue weighted by Crippen LogP contribution is -2.60. The van der Waals surface area contributed by atoms with E-state index in [9.17, 15) is 0 Å². The van der Waals surface area contributed by atoms with Crippen molar-refractivity contribution in [2.24, 2.45) is 4.99 Å². The molecule has 0 spiro atoms. The molecule has 0 radical (unpaired) electrons. The summed E-state index contributed by atoms with van der Waals surface area (Å²) in [4.78, 5) is 7.11. The molecule has 1 aliphatic heterocycles. The van der Waals surface area contributed by atoms with E-state index in [1.807, 2.05) is 7.05 Å². The first-order chi connectivity index (χ1) is 13.8. The van der Waals surface area contributed by atoms with E-state index in [-0.39, 0.29) is 5.54 Å². The number of ether oxygens (including phenoxy) is 2. The van der Waals surface area contributed by atoms with Gasteiger partial charge in [-0.05, 0) is 24.0 Å². The Morgan fingerprint density at radius 3 is 2.61 bits per heavy atom. The number of methoxy groups -OCH3 is 1. The number of nitrogens with one attached hydrogen (secondary N) is 2. The van der Waals surface area contributed by atoms with Crippen molar-refractivity contribution in [3.8, 4) is 0 Å². The van der Waals surface area contributed by atoms with Crippen LogP contribution in [0, 0.1) is 0 Å². The first-order valence-corrected chi connectivity index (χ1v) is 10.6. The van der Waals surface area contributed by atoms with E-state index in [0.29, 0.717) is 6.61 Å². The van der Waals surface area contributed by atoms with Gasteiger partial charge in [-0.1, -0.05) is 43.5 Å². The zero-order chi connectivity index (χ0) is 19.7. The minimum absolute atomic E-state index is 0.234. The maximum absolute atomic E-state index is 5.59. The fourth-order valence-electron chi connectivity index (χ4n) is 4.50. The first kappa shape index (κ1) is 21.1. The van der Waals surface area contributed by atoms with Gasteiger partial charge in [-0.25, -0.2) is 0 Å². The van der Waals surface area contributed by atoms with E-state index in [1.165, 1.54) is 43.2 Å². The van der Waals surface area contributed by atoms with Crippen molar-refractivity contribution in [2.75, 3.05) is 47.0 Å². The highest BCUT2D eigenvalue weighted by atomic mass is 16.5. The van der Waals surface area contributed by atoms with Crippen LogP contribution in [0.25, 0.3) is 0 Å². The normalized spacial score (nSPS) is 20.7. The number of hydrogen-bond acceptors (Lipinski definition) is 4. The molecule has 3 rings (SSSR count). The molecule has 1 heterocycles. The lowest BCUT2D eigenvalue weighted by Gasteiger charge is -2.48. The minimum Gasteiger partial charge on any atom is -0.380 e. The lowest BCUT2D eigenvalue weighted by molar-refractivity contribution is -0.0352. The molecule has 1 aliphatic carbocycles. The Morgan fingerprint density at radius 2 is 1.89 bits per heavy atom. The van der Waals surface area contributed by atoms with Gasteiger partial charge in [0.2, 0.25) is 0 Å². The van der Waals surface area contributed by atoms with Crippen LogP contribution < -0.4 is 10.6 Å². The van der Waals surface area contributed by atoms with Crippen LogP contribution in [0.4, 0.5) is 0 Å². The van der Waals surface area contributed by atoms with Gasteiger partial charge in [0.05, 0.1) is 19.8 Å². The summed E-state index contributed by atoms with van der Waals surface area (Å²) in [5.74, 6) is 0.871. The summed E-state index contributed by atoms with van der Waals surface area (Å²) in [7, 11) is 3.57. The number of guanidine groups is 1. The van der Waals surface area contributed by atoms with Crippen LogP contribution >= 0.6 is 0 Å². The maximum atomic E-state index is 5.59. The molecule has 1 aromatic rings. The van der Waals surface area contributed by atoms with Crippen LogP contribution in [0.2, 0.25) is 0 Å².